The van der Waals surface area contributed by atoms with Gasteiger partial charge in [-0.3, -0.25) is 9.10 Å². The number of anilines is 1. The molecule has 2 unspecified atom stereocenters. The summed E-state index contributed by atoms with van der Waals surface area (Å²) < 4.78 is 42.4. The zero-order valence-electron chi connectivity index (χ0n) is 18.9. The minimum Gasteiger partial charge on any atom is -0.497 e. The van der Waals surface area contributed by atoms with Crippen molar-refractivity contribution in [3.63, 3.8) is 0 Å². The summed E-state index contributed by atoms with van der Waals surface area (Å²) >= 11 is 0. The highest BCUT2D eigenvalue weighted by Gasteiger charge is 2.32. The van der Waals surface area contributed by atoms with Gasteiger partial charge in [0, 0.05) is 5.56 Å². The molecule has 8 nitrogen and oxygen atoms in total. The standard InChI is InChI=1S/C22H30N2O6S/c1-14-8-10-21(30-6)19(12-14)24(31(7,26)27)16(3)22(25)23-15(2)18-13-17(28-4)9-11-20(18)29-5/h8-13,15-16H,1-7H3,(H,23,25). The van der Waals surface area contributed by atoms with Crippen LogP contribution in [0.4, 0.5) is 5.69 Å². The maximum absolute atomic E-state index is 13.1. The third-order valence-electron chi connectivity index (χ3n) is 4.92. The first-order valence-electron chi connectivity index (χ1n) is 9.69. The second-order valence-electron chi connectivity index (χ2n) is 7.25. The molecule has 1 N–H and O–H groups in total. The number of aryl methyl sites for hydroxylation is 1. The van der Waals surface area contributed by atoms with E-state index in [4.69, 9.17) is 14.2 Å². The summed E-state index contributed by atoms with van der Waals surface area (Å²) in [5, 5.41) is 2.87. The van der Waals surface area contributed by atoms with Crippen molar-refractivity contribution in [2.24, 2.45) is 0 Å². The topological polar surface area (TPSA) is 94.2 Å². The Labute approximate surface area is 184 Å². The van der Waals surface area contributed by atoms with Crippen LogP contribution in [0.3, 0.4) is 0 Å². The van der Waals surface area contributed by atoms with Crippen molar-refractivity contribution in [2.45, 2.75) is 32.9 Å². The van der Waals surface area contributed by atoms with Gasteiger partial charge in [-0.05, 0) is 56.7 Å². The Morgan fingerprint density at radius 1 is 0.968 bits per heavy atom. The van der Waals surface area contributed by atoms with Crippen LogP contribution >= 0.6 is 0 Å². The molecule has 0 bridgehead atoms. The number of benzene rings is 2. The monoisotopic (exact) mass is 450 g/mol. The average molecular weight is 451 g/mol. The first kappa shape index (κ1) is 24.3. The number of methoxy groups -OCH3 is 3. The van der Waals surface area contributed by atoms with E-state index in [9.17, 15) is 13.2 Å². The molecule has 0 aliphatic rings. The van der Waals surface area contributed by atoms with E-state index in [1.54, 1.807) is 44.4 Å². The first-order chi connectivity index (χ1) is 14.5. The zero-order valence-corrected chi connectivity index (χ0v) is 19.7. The predicted molar refractivity (Wildman–Crippen MR) is 121 cm³/mol. The highest BCUT2D eigenvalue weighted by molar-refractivity contribution is 7.92. The average Bonchev–Trinajstić information content (AvgIpc) is 2.72. The van der Waals surface area contributed by atoms with E-state index < -0.39 is 28.0 Å². The third-order valence-corrected chi connectivity index (χ3v) is 6.15. The Bertz CT molecular complexity index is 1040. The van der Waals surface area contributed by atoms with Crippen LogP contribution in [0.2, 0.25) is 0 Å². The molecule has 2 aromatic rings. The Kier molecular flexibility index (Phi) is 7.78. The van der Waals surface area contributed by atoms with Gasteiger partial charge in [-0.1, -0.05) is 6.07 Å². The quantitative estimate of drug-likeness (QED) is 0.631. The largest absolute Gasteiger partial charge is 0.497 e. The van der Waals surface area contributed by atoms with Gasteiger partial charge in [-0.15, -0.1) is 0 Å². The lowest BCUT2D eigenvalue weighted by molar-refractivity contribution is -0.122. The molecule has 170 valence electrons. The molecular formula is C22H30N2O6S. The van der Waals surface area contributed by atoms with E-state index in [-0.39, 0.29) is 0 Å². The Morgan fingerprint density at radius 2 is 1.58 bits per heavy atom. The molecule has 0 aliphatic carbocycles. The van der Waals surface area contributed by atoms with Crippen molar-refractivity contribution < 1.29 is 27.4 Å². The fourth-order valence-corrected chi connectivity index (χ4v) is 4.51. The molecule has 0 fully saturated rings. The van der Waals surface area contributed by atoms with Crippen LogP contribution in [0.25, 0.3) is 0 Å². The first-order valence-corrected chi connectivity index (χ1v) is 11.5. The van der Waals surface area contributed by atoms with E-state index in [1.807, 2.05) is 13.0 Å². The minimum absolute atomic E-state index is 0.305. The molecule has 2 aromatic carbocycles. The minimum atomic E-state index is -3.79. The van der Waals surface area contributed by atoms with Crippen molar-refractivity contribution in [1.29, 1.82) is 0 Å². The number of carbonyl (C=O) groups excluding carboxylic acids is 1. The van der Waals surface area contributed by atoms with Gasteiger partial charge >= 0.3 is 0 Å². The highest BCUT2D eigenvalue weighted by atomic mass is 32.2. The van der Waals surface area contributed by atoms with E-state index in [0.29, 0.717) is 28.5 Å². The van der Waals surface area contributed by atoms with Crippen molar-refractivity contribution >= 4 is 21.6 Å². The lowest BCUT2D eigenvalue weighted by Crippen LogP contribution is -2.48. The number of nitrogens with zero attached hydrogens (tertiary/aromatic N) is 1. The SMILES string of the molecule is COc1ccc(OC)c(C(C)NC(=O)C(C)N(c2cc(C)ccc2OC)S(C)(=O)=O)c1. The number of ether oxygens (including phenoxy) is 3. The molecule has 31 heavy (non-hydrogen) atoms. The van der Waals surface area contributed by atoms with Crippen LogP contribution in [0.15, 0.2) is 36.4 Å². The molecule has 0 heterocycles. The summed E-state index contributed by atoms with van der Waals surface area (Å²) in [6.07, 6.45) is 1.06. The van der Waals surface area contributed by atoms with E-state index in [2.05, 4.69) is 5.32 Å². The number of hydrogen-bond donors (Lipinski definition) is 1. The van der Waals surface area contributed by atoms with Crippen LogP contribution in [0.1, 0.15) is 31.0 Å². The molecule has 0 saturated carbocycles. The van der Waals surface area contributed by atoms with Crippen LogP contribution in [0.5, 0.6) is 17.2 Å². The maximum atomic E-state index is 13.1. The van der Waals surface area contributed by atoms with Gasteiger partial charge < -0.3 is 19.5 Å². The number of nitrogens with one attached hydrogen (secondary N) is 1. The number of carbonyl (C=O) groups is 1. The molecule has 0 aliphatic heterocycles. The third kappa shape index (κ3) is 5.61. The van der Waals surface area contributed by atoms with Crippen LogP contribution in [-0.2, 0) is 14.8 Å². The highest BCUT2D eigenvalue weighted by Crippen LogP contribution is 2.33. The number of hydrogen-bond acceptors (Lipinski definition) is 6. The number of amides is 1. The molecule has 0 saturated heterocycles. The summed E-state index contributed by atoms with van der Waals surface area (Å²) in [7, 11) is 0.758. The van der Waals surface area contributed by atoms with E-state index in [1.165, 1.54) is 21.1 Å². The van der Waals surface area contributed by atoms with Crippen molar-refractivity contribution in [3.8, 4) is 17.2 Å². The van der Waals surface area contributed by atoms with Crippen molar-refractivity contribution in [3.05, 3.63) is 47.5 Å². The second-order valence-corrected chi connectivity index (χ2v) is 9.11. The number of sulfonamides is 1. The lowest BCUT2D eigenvalue weighted by atomic mass is 10.1. The number of rotatable bonds is 9. The van der Waals surface area contributed by atoms with Gasteiger partial charge in [0.15, 0.2) is 0 Å². The van der Waals surface area contributed by atoms with E-state index in [0.717, 1.165) is 16.1 Å². The van der Waals surface area contributed by atoms with Gasteiger partial charge in [0.1, 0.15) is 23.3 Å². The Balaban J connectivity index is 2.38. The molecule has 2 atom stereocenters. The normalized spacial score (nSPS) is 13.1. The van der Waals surface area contributed by atoms with Gasteiger partial charge in [-0.2, -0.15) is 0 Å². The van der Waals surface area contributed by atoms with Crippen molar-refractivity contribution in [2.75, 3.05) is 31.9 Å². The molecule has 9 heteroatoms. The molecule has 0 spiro atoms. The molecule has 2 rings (SSSR count). The molecule has 0 radical (unpaired) electrons. The Morgan fingerprint density at radius 3 is 2.13 bits per heavy atom. The van der Waals surface area contributed by atoms with Gasteiger partial charge in [0.05, 0.1) is 39.3 Å². The van der Waals surface area contributed by atoms with Gasteiger partial charge in [0.2, 0.25) is 15.9 Å². The maximum Gasteiger partial charge on any atom is 0.244 e. The summed E-state index contributed by atoms with van der Waals surface area (Å²) in [5.74, 6) is 1.10. The summed E-state index contributed by atoms with van der Waals surface area (Å²) in [5.41, 5.74) is 1.85. The van der Waals surface area contributed by atoms with Crippen LogP contribution in [0, 0.1) is 6.92 Å². The summed E-state index contributed by atoms with van der Waals surface area (Å²) in [6, 6.07) is 8.97. The second kappa shape index (κ2) is 9.91. The van der Waals surface area contributed by atoms with Gasteiger partial charge in [0.25, 0.3) is 0 Å². The summed E-state index contributed by atoms with van der Waals surface area (Å²) in [4.78, 5) is 13.1. The molecule has 0 aromatic heterocycles. The van der Waals surface area contributed by atoms with Gasteiger partial charge in [-0.25, -0.2) is 8.42 Å². The fraction of sp³-hybridized carbons (Fsp3) is 0.409. The fourth-order valence-electron chi connectivity index (χ4n) is 3.34. The molecular weight excluding hydrogens is 420 g/mol. The lowest BCUT2D eigenvalue weighted by Gasteiger charge is -2.30. The van der Waals surface area contributed by atoms with Crippen molar-refractivity contribution in [1.82, 2.24) is 5.32 Å². The van der Waals surface area contributed by atoms with Crippen LogP contribution < -0.4 is 23.8 Å². The molecule has 1 amide bonds. The zero-order chi connectivity index (χ0) is 23.3. The van der Waals surface area contributed by atoms with Crippen LogP contribution in [-0.4, -0.2) is 48.0 Å². The van der Waals surface area contributed by atoms with E-state index >= 15 is 0 Å². The predicted octanol–water partition coefficient (Wildman–Crippen LogP) is 3.05. The Hall–Kier alpha value is -2.94. The smallest absolute Gasteiger partial charge is 0.244 e. The summed E-state index contributed by atoms with van der Waals surface area (Å²) in [6.45, 7) is 5.17.